The molecule has 0 fully saturated rings. The minimum atomic E-state index is -0.0743. The van der Waals surface area contributed by atoms with Crippen LogP contribution in [-0.2, 0) is 13.1 Å². The molecule has 1 heterocycles. The zero-order valence-electron chi connectivity index (χ0n) is 15.2. The van der Waals surface area contributed by atoms with Gasteiger partial charge in [-0.05, 0) is 30.2 Å². The maximum absolute atomic E-state index is 12.5. The molecule has 0 radical (unpaired) electrons. The smallest absolute Gasteiger partial charge is 0.251 e. The van der Waals surface area contributed by atoms with Gasteiger partial charge in [0.25, 0.3) is 5.91 Å². The molecule has 0 aliphatic rings. The van der Waals surface area contributed by atoms with Gasteiger partial charge in [0.05, 0.1) is 24.3 Å². The predicted molar refractivity (Wildman–Crippen MR) is 108 cm³/mol. The Morgan fingerprint density at radius 2 is 1.63 bits per heavy atom. The quantitative estimate of drug-likeness (QED) is 0.579. The molecule has 0 aliphatic heterocycles. The van der Waals surface area contributed by atoms with E-state index < -0.39 is 0 Å². The molecule has 1 N–H and O–H groups in total. The van der Waals surface area contributed by atoms with Gasteiger partial charge >= 0.3 is 0 Å². The highest BCUT2D eigenvalue weighted by atomic mass is 16.1. The first-order valence-electron chi connectivity index (χ1n) is 9.04. The van der Waals surface area contributed by atoms with Gasteiger partial charge in [0.1, 0.15) is 0 Å². The number of benzene rings is 3. The molecular weight excluding hydrogens is 334 g/mol. The van der Waals surface area contributed by atoms with Crippen molar-refractivity contribution in [3.63, 3.8) is 0 Å². The van der Waals surface area contributed by atoms with Gasteiger partial charge in [-0.15, -0.1) is 0 Å². The molecule has 134 valence electrons. The molecule has 0 saturated heterocycles. The number of rotatable bonds is 5. The van der Waals surface area contributed by atoms with Crippen LogP contribution in [0.3, 0.4) is 0 Å². The van der Waals surface area contributed by atoms with Crippen molar-refractivity contribution in [2.24, 2.45) is 0 Å². The predicted octanol–water partition coefficient (Wildman–Crippen LogP) is 4.32. The molecule has 0 saturated carbocycles. The fourth-order valence-corrected chi connectivity index (χ4v) is 3.29. The van der Waals surface area contributed by atoms with E-state index >= 15 is 0 Å². The Labute approximate surface area is 158 Å². The molecule has 3 aromatic carbocycles. The summed E-state index contributed by atoms with van der Waals surface area (Å²) < 4.78 is 2.00. The molecule has 0 unspecified atom stereocenters. The summed E-state index contributed by atoms with van der Waals surface area (Å²) in [6.07, 6.45) is 0. The van der Waals surface area contributed by atoms with Crippen LogP contribution in [0.25, 0.3) is 10.9 Å². The largest absolute Gasteiger partial charge is 0.346 e. The summed E-state index contributed by atoms with van der Waals surface area (Å²) in [5.41, 5.74) is 4.81. The van der Waals surface area contributed by atoms with Gasteiger partial charge in [-0.1, -0.05) is 66.7 Å². The van der Waals surface area contributed by atoms with Crippen LogP contribution in [-0.4, -0.2) is 15.7 Å². The van der Waals surface area contributed by atoms with E-state index in [0.29, 0.717) is 18.7 Å². The van der Waals surface area contributed by atoms with Crippen molar-refractivity contribution in [1.29, 1.82) is 0 Å². The number of carbonyl (C=O) groups excluding carboxylic acids is 1. The van der Waals surface area contributed by atoms with E-state index in [2.05, 4.69) is 29.6 Å². The zero-order valence-corrected chi connectivity index (χ0v) is 15.2. The molecular formula is C23H21N3O. The van der Waals surface area contributed by atoms with E-state index in [9.17, 15) is 4.79 Å². The number of nitrogens with one attached hydrogen (secondary N) is 1. The molecule has 0 aliphatic carbocycles. The number of hydrogen-bond donors (Lipinski definition) is 1. The average molecular weight is 355 g/mol. The molecule has 1 amide bonds. The highest BCUT2D eigenvalue weighted by molar-refractivity contribution is 5.95. The fraction of sp³-hybridized carbons (Fsp3) is 0.130. The maximum Gasteiger partial charge on any atom is 0.251 e. The summed E-state index contributed by atoms with van der Waals surface area (Å²) in [6, 6.07) is 26.0. The summed E-state index contributed by atoms with van der Waals surface area (Å²) in [6.45, 7) is 3.04. The van der Waals surface area contributed by atoms with E-state index in [-0.39, 0.29) is 5.91 Å². The number of aryl methyl sites for hydroxylation is 1. The Hall–Kier alpha value is -3.40. The fourth-order valence-electron chi connectivity index (χ4n) is 3.29. The first-order valence-corrected chi connectivity index (χ1v) is 9.04. The summed E-state index contributed by atoms with van der Waals surface area (Å²) in [7, 11) is 0. The second-order valence-corrected chi connectivity index (χ2v) is 6.60. The van der Waals surface area contributed by atoms with Crippen LogP contribution in [0.1, 0.15) is 27.2 Å². The molecule has 4 nitrogen and oxygen atoms in total. The third-order valence-corrected chi connectivity index (χ3v) is 4.72. The van der Waals surface area contributed by atoms with Crippen LogP contribution >= 0.6 is 0 Å². The van der Waals surface area contributed by atoms with Crippen LogP contribution in [0.5, 0.6) is 0 Å². The topological polar surface area (TPSA) is 46.9 Å². The van der Waals surface area contributed by atoms with E-state index in [1.807, 2.05) is 66.2 Å². The van der Waals surface area contributed by atoms with Crippen molar-refractivity contribution in [3.05, 3.63) is 101 Å². The van der Waals surface area contributed by atoms with Crippen molar-refractivity contribution in [2.45, 2.75) is 20.0 Å². The van der Waals surface area contributed by atoms with Crippen molar-refractivity contribution in [1.82, 2.24) is 15.1 Å². The van der Waals surface area contributed by atoms with Crippen LogP contribution in [0.15, 0.2) is 78.9 Å². The normalized spacial score (nSPS) is 10.9. The number of fused-ring (bicyclic) bond motifs is 1. The molecule has 0 spiro atoms. The van der Waals surface area contributed by atoms with E-state index in [0.717, 1.165) is 22.2 Å². The van der Waals surface area contributed by atoms with Crippen LogP contribution in [0, 0.1) is 6.92 Å². The third kappa shape index (κ3) is 3.60. The monoisotopic (exact) mass is 355 g/mol. The summed E-state index contributed by atoms with van der Waals surface area (Å²) in [5, 5.41) is 8.85. The Morgan fingerprint density at radius 1 is 0.926 bits per heavy atom. The highest BCUT2D eigenvalue weighted by Crippen LogP contribution is 2.20. The SMILES string of the molecule is Cc1ccccc1C(=O)NCc1nn(Cc2ccccc2)c2ccccc12. The molecule has 1 aromatic heterocycles. The highest BCUT2D eigenvalue weighted by Gasteiger charge is 2.13. The van der Waals surface area contributed by atoms with E-state index in [1.165, 1.54) is 5.56 Å². The third-order valence-electron chi connectivity index (χ3n) is 4.72. The minimum Gasteiger partial charge on any atom is -0.346 e. The second kappa shape index (κ2) is 7.46. The molecule has 4 heteroatoms. The second-order valence-electron chi connectivity index (χ2n) is 6.60. The number of amides is 1. The first-order chi connectivity index (χ1) is 13.2. The van der Waals surface area contributed by atoms with Gasteiger partial charge in [0.2, 0.25) is 0 Å². The lowest BCUT2D eigenvalue weighted by Crippen LogP contribution is -2.24. The lowest BCUT2D eigenvalue weighted by atomic mass is 10.1. The zero-order chi connectivity index (χ0) is 18.6. The van der Waals surface area contributed by atoms with Crippen molar-refractivity contribution in [3.8, 4) is 0 Å². The Bertz CT molecular complexity index is 1080. The van der Waals surface area contributed by atoms with Crippen LogP contribution in [0.4, 0.5) is 0 Å². The summed E-state index contributed by atoms with van der Waals surface area (Å²) >= 11 is 0. The average Bonchev–Trinajstić information content (AvgIpc) is 3.05. The van der Waals surface area contributed by atoms with Gasteiger partial charge in [-0.3, -0.25) is 9.48 Å². The molecule has 4 aromatic rings. The number of hydrogen-bond acceptors (Lipinski definition) is 2. The van der Waals surface area contributed by atoms with Gasteiger partial charge in [-0.2, -0.15) is 5.10 Å². The molecule has 4 rings (SSSR count). The molecule has 0 bridgehead atoms. The van der Waals surface area contributed by atoms with E-state index in [1.54, 1.807) is 0 Å². The van der Waals surface area contributed by atoms with E-state index in [4.69, 9.17) is 5.10 Å². The van der Waals surface area contributed by atoms with Gasteiger partial charge in [-0.25, -0.2) is 0 Å². The number of nitrogens with zero attached hydrogens (tertiary/aromatic N) is 2. The lowest BCUT2D eigenvalue weighted by molar-refractivity contribution is 0.0950. The lowest BCUT2D eigenvalue weighted by Gasteiger charge is -2.06. The van der Waals surface area contributed by atoms with Crippen molar-refractivity contribution >= 4 is 16.8 Å². The minimum absolute atomic E-state index is 0.0743. The number of aromatic nitrogens is 2. The van der Waals surface area contributed by atoms with Gasteiger partial charge < -0.3 is 5.32 Å². The van der Waals surface area contributed by atoms with Crippen molar-refractivity contribution < 1.29 is 4.79 Å². The summed E-state index contributed by atoms with van der Waals surface area (Å²) in [4.78, 5) is 12.5. The Kier molecular flexibility index (Phi) is 4.71. The Balaban J connectivity index is 1.59. The Morgan fingerprint density at radius 3 is 2.44 bits per heavy atom. The number of carbonyl (C=O) groups is 1. The number of para-hydroxylation sites is 1. The first kappa shape index (κ1) is 17.0. The molecule has 27 heavy (non-hydrogen) atoms. The van der Waals surface area contributed by atoms with Crippen LogP contribution in [0.2, 0.25) is 0 Å². The van der Waals surface area contributed by atoms with Crippen LogP contribution < -0.4 is 5.32 Å². The standard InChI is InChI=1S/C23H21N3O/c1-17-9-5-6-12-19(17)23(27)24-15-21-20-13-7-8-14-22(20)26(25-21)16-18-10-3-2-4-11-18/h2-14H,15-16H2,1H3,(H,24,27). The van der Waals surface area contributed by atoms with Gasteiger partial charge in [0, 0.05) is 10.9 Å². The summed E-state index contributed by atoms with van der Waals surface area (Å²) in [5.74, 6) is -0.0743. The maximum atomic E-state index is 12.5. The van der Waals surface area contributed by atoms with Gasteiger partial charge in [0.15, 0.2) is 0 Å². The molecule has 0 atom stereocenters. The van der Waals surface area contributed by atoms with Crippen molar-refractivity contribution in [2.75, 3.05) is 0 Å².